The van der Waals surface area contributed by atoms with E-state index in [-0.39, 0.29) is 11.1 Å². The molecule has 8 heteroatoms. The van der Waals surface area contributed by atoms with Crippen LogP contribution in [-0.4, -0.2) is 17.6 Å². The van der Waals surface area contributed by atoms with E-state index in [0.29, 0.717) is 6.07 Å². The number of ether oxygens (including phenoxy) is 1. The van der Waals surface area contributed by atoms with Crippen molar-refractivity contribution >= 4 is 27.7 Å². The zero-order valence-corrected chi connectivity index (χ0v) is 10.2. The van der Waals surface area contributed by atoms with Crippen molar-refractivity contribution in [2.24, 2.45) is 0 Å². The maximum atomic E-state index is 13.6. The van der Waals surface area contributed by atoms with Crippen LogP contribution in [0.1, 0.15) is 12.5 Å². The van der Waals surface area contributed by atoms with E-state index in [9.17, 15) is 18.0 Å². The molecule has 4 nitrogen and oxygen atoms in total. The Morgan fingerprint density at radius 2 is 2.24 bits per heavy atom. The topological polar surface area (TPSA) is 65.2 Å². The van der Waals surface area contributed by atoms with Crippen molar-refractivity contribution in [3.8, 4) is 0 Å². The molecule has 0 radical (unpaired) electrons. The Balaban J connectivity index is 3.23. The van der Waals surface area contributed by atoms with Gasteiger partial charge in [-0.1, -0.05) is 0 Å². The summed E-state index contributed by atoms with van der Waals surface area (Å²) in [6.45, 7) is 1.18. The van der Waals surface area contributed by atoms with Crippen LogP contribution in [0.2, 0.25) is 0 Å². The minimum Gasteiger partial charge on any atom is -0.461 e. The number of nitrogens with zero attached hydrogens (tertiary/aromatic N) is 1. The summed E-state index contributed by atoms with van der Waals surface area (Å²) >= 11 is 2.68. The summed E-state index contributed by atoms with van der Waals surface area (Å²) in [5, 5.41) is 0. The number of pyridine rings is 1. The fourth-order valence-electron chi connectivity index (χ4n) is 1.06. The van der Waals surface area contributed by atoms with Crippen LogP contribution < -0.4 is 5.73 Å². The predicted molar refractivity (Wildman–Crippen MR) is 56.8 cm³/mol. The highest BCUT2D eigenvalue weighted by atomic mass is 79.9. The second-order valence-electron chi connectivity index (χ2n) is 2.99. The minimum atomic E-state index is -3.97. The number of anilines is 1. The van der Waals surface area contributed by atoms with Crippen molar-refractivity contribution in [3.63, 3.8) is 0 Å². The summed E-state index contributed by atoms with van der Waals surface area (Å²) in [7, 11) is 0. The highest BCUT2D eigenvalue weighted by Crippen LogP contribution is 2.34. The molecule has 94 valence electrons. The summed E-state index contributed by atoms with van der Waals surface area (Å²) in [5.74, 6) is -7.52. The maximum Gasteiger partial charge on any atom is 0.382 e. The molecule has 1 rings (SSSR count). The lowest BCUT2D eigenvalue weighted by molar-refractivity contribution is -0.173. The fourth-order valence-corrected chi connectivity index (χ4v) is 1.38. The van der Waals surface area contributed by atoms with Gasteiger partial charge >= 0.3 is 11.9 Å². The molecule has 0 amide bonds. The summed E-state index contributed by atoms with van der Waals surface area (Å²) in [6.07, 6.45) is 0. The summed E-state index contributed by atoms with van der Waals surface area (Å²) in [5.41, 5.74) is 4.25. The molecule has 1 aromatic rings. The van der Waals surface area contributed by atoms with E-state index in [4.69, 9.17) is 5.73 Å². The van der Waals surface area contributed by atoms with Gasteiger partial charge in [-0.2, -0.15) is 13.2 Å². The number of aromatic nitrogens is 1. The molecule has 0 spiro atoms. The number of hydrogen-bond donors (Lipinski definition) is 1. The molecule has 1 heterocycles. The average Bonchev–Trinajstić information content (AvgIpc) is 2.23. The average molecular weight is 313 g/mol. The van der Waals surface area contributed by atoms with E-state index in [1.54, 1.807) is 0 Å². The summed E-state index contributed by atoms with van der Waals surface area (Å²) in [4.78, 5) is 14.1. The van der Waals surface area contributed by atoms with Gasteiger partial charge in [-0.25, -0.2) is 9.78 Å². The monoisotopic (exact) mass is 312 g/mol. The Labute approximate surface area is 103 Å². The largest absolute Gasteiger partial charge is 0.461 e. The van der Waals surface area contributed by atoms with Gasteiger partial charge in [0.15, 0.2) is 0 Å². The number of nitrogens with two attached hydrogens (primary N) is 1. The van der Waals surface area contributed by atoms with Crippen LogP contribution in [0.4, 0.5) is 19.0 Å². The van der Waals surface area contributed by atoms with Crippen LogP contribution >= 0.6 is 15.9 Å². The van der Waals surface area contributed by atoms with E-state index >= 15 is 0 Å². The molecule has 0 aliphatic heterocycles. The fraction of sp³-hybridized carbons (Fsp3) is 0.333. The van der Waals surface area contributed by atoms with Crippen molar-refractivity contribution in [2.75, 3.05) is 12.3 Å². The first-order chi connectivity index (χ1) is 7.80. The molecule has 0 aromatic carbocycles. The Morgan fingerprint density at radius 1 is 1.65 bits per heavy atom. The number of halogens is 4. The van der Waals surface area contributed by atoms with Crippen LogP contribution in [0.25, 0.3) is 0 Å². The number of nitrogen functional groups attached to an aromatic ring is 1. The van der Waals surface area contributed by atoms with Crippen molar-refractivity contribution in [2.45, 2.75) is 12.8 Å². The number of carbonyl (C=O) groups excluding carboxylic acids is 1. The van der Waals surface area contributed by atoms with Crippen LogP contribution in [0.5, 0.6) is 0 Å². The highest BCUT2D eigenvalue weighted by Gasteiger charge is 2.45. The predicted octanol–water partition coefficient (Wildman–Crippen LogP) is 2.22. The first-order valence-corrected chi connectivity index (χ1v) is 5.27. The normalized spacial score (nSPS) is 11.4. The van der Waals surface area contributed by atoms with Crippen LogP contribution in [0.15, 0.2) is 10.5 Å². The quantitative estimate of drug-likeness (QED) is 0.686. The molecule has 0 aliphatic carbocycles. The number of rotatable bonds is 3. The van der Waals surface area contributed by atoms with Crippen molar-refractivity contribution in [1.82, 2.24) is 4.98 Å². The molecule has 1 aromatic heterocycles. The lowest BCUT2D eigenvalue weighted by atomic mass is 10.1. The highest BCUT2D eigenvalue weighted by molar-refractivity contribution is 9.10. The third kappa shape index (κ3) is 2.68. The molecule has 0 unspecified atom stereocenters. The van der Waals surface area contributed by atoms with Crippen LogP contribution in [0, 0.1) is 5.95 Å². The number of esters is 1. The first-order valence-electron chi connectivity index (χ1n) is 4.47. The molecule has 0 saturated heterocycles. The van der Waals surface area contributed by atoms with Gasteiger partial charge in [-0.3, -0.25) is 0 Å². The molecule has 0 atom stereocenters. The third-order valence-corrected chi connectivity index (χ3v) is 2.39. The standard InChI is InChI=1S/C9H8BrF3N2O2/c1-2-17-8(16)9(12,13)4-3-5(10)6(11)15-7(4)14/h3H,2H2,1H3,(H2,14,15). The van der Waals surface area contributed by atoms with Gasteiger partial charge in [-0.15, -0.1) is 0 Å². The zero-order valence-electron chi connectivity index (χ0n) is 8.64. The Morgan fingerprint density at radius 3 is 2.76 bits per heavy atom. The van der Waals surface area contributed by atoms with Gasteiger partial charge in [0.05, 0.1) is 16.6 Å². The Kier molecular flexibility index (Phi) is 3.97. The van der Waals surface area contributed by atoms with Gasteiger partial charge in [0.2, 0.25) is 5.95 Å². The Bertz CT molecular complexity index is 454. The van der Waals surface area contributed by atoms with Gasteiger partial charge in [0.25, 0.3) is 0 Å². The molecule has 17 heavy (non-hydrogen) atoms. The van der Waals surface area contributed by atoms with Crippen molar-refractivity contribution in [1.29, 1.82) is 0 Å². The SMILES string of the molecule is CCOC(=O)C(F)(F)c1cc(Br)c(F)nc1N. The zero-order chi connectivity index (χ0) is 13.2. The van der Waals surface area contributed by atoms with Crippen LogP contribution in [-0.2, 0) is 15.5 Å². The molecular formula is C9H8BrF3N2O2. The molecular weight excluding hydrogens is 305 g/mol. The van der Waals surface area contributed by atoms with E-state index in [0.717, 1.165) is 0 Å². The van der Waals surface area contributed by atoms with Crippen molar-refractivity contribution < 1.29 is 22.7 Å². The van der Waals surface area contributed by atoms with E-state index in [1.807, 2.05) is 0 Å². The smallest absolute Gasteiger partial charge is 0.382 e. The van der Waals surface area contributed by atoms with Crippen LogP contribution in [0.3, 0.4) is 0 Å². The second-order valence-corrected chi connectivity index (χ2v) is 3.84. The molecule has 2 N–H and O–H groups in total. The van der Waals surface area contributed by atoms with Gasteiger partial charge < -0.3 is 10.5 Å². The molecule has 0 bridgehead atoms. The lowest BCUT2D eigenvalue weighted by Crippen LogP contribution is -2.29. The third-order valence-electron chi connectivity index (χ3n) is 1.83. The van der Waals surface area contributed by atoms with E-state index in [1.165, 1.54) is 6.92 Å². The van der Waals surface area contributed by atoms with E-state index < -0.39 is 29.2 Å². The molecule has 0 aliphatic rings. The first kappa shape index (κ1) is 13.8. The molecule has 0 saturated carbocycles. The number of alkyl halides is 2. The summed E-state index contributed by atoms with van der Waals surface area (Å²) in [6, 6.07) is 0.703. The summed E-state index contributed by atoms with van der Waals surface area (Å²) < 4.78 is 43.9. The van der Waals surface area contributed by atoms with Gasteiger partial charge in [0, 0.05) is 0 Å². The minimum absolute atomic E-state index is 0.204. The number of carbonyl (C=O) groups is 1. The maximum absolute atomic E-state index is 13.6. The second kappa shape index (κ2) is 4.91. The van der Waals surface area contributed by atoms with Gasteiger partial charge in [-0.05, 0) is 28.9 Å². The molecule has 0 fully saturated rings. The van der Waals surface area contributed by atoms with E-state index in [2.05, 4.69) is 25.7 Å². The van der Waals surface area contributed by atoms with Gasteiger partial charge in [0.1, 0.15) is 5.82 Å². The lowest BCUT2D eigenvalue weighted by Gasteiger charge is -2.16. The van der Waals surface area contributed by atoms with Crippen molar-refractivity contribution in [3.05, 3.63) is 22.1 Å². The number of hydrogen-bond acceptors (Lipinski definition) is 4. The Hall–Kier alpha value is -1.31.